The van der Waals surface area contributed by atoms with Crippen molar-refractivity contribution in [3.63, 3.8) is 0 Å². The molecule has 0 bridgehead atoms. The Bertz CT molecular complexity index is 886. The molecule has 3 aromatic rings. The zero-order valence-corrected chi connectivity index (χ0v) is 14.4. The van der Waals surface area contributed by atoms with Gasteiger partial charge >= 0.3 is 0 Å². The second kappa shape index (κ2) is 7.09. The quantitative estimate of drug-likeness (QED) is 0.769. The fourth-order valence-electron chi connectivity index (χ4n) is 2.93. The maximum Gasteiger partial charge on any atom is 0.252 e. The number of ether oxygens (including phenoxy) is 1. The van der Waals surface area contributed by atoms with Crippen molar-refractivity contribution in [1.82, 2.24) is 25.3 Å². The molecule has 26 heavy (non-hydrogen) atoms. The third-order valence-electron chi connectivity index (χ3n) is 4.38. The molecular weight excluding hydrogens is 334 g/mol. The van der Waals surface area contributed by atoms with Crippen molar-refractivity contribution in [2.45, 2.75) is 20.1 Å². The van der Waals surface area contributed by atoms with E-state index in [0.29, 0.717) is 31.9 Å². The van der Waals surface area contributed by atoms with Crippen LogP contribution in [-0.4, -0.2) is 39.0 Å². The molecule has 0 aliphatic carbocycles. The van der Waals surface area contributed by atoms with E-state index in [1.54, 1.807) is 24.8 Å². The number of rotatable bonds is 4. The van der Waals surface area contributed by atoms with Crippen LogP contribution >= 0.6 is 0 Å². The number of hydrogen-bond donors (Lipinski definition) is 1. The molecule has 0 saturated heterocycles. The van der Waals surface area contributed by atoms with Crippen molar-refractivity contribution in [3.8, 4) is 11.3 Å². The van der Waals surface area contributed by atoms with E-state index < -0.39 is 0 Å². The molecular formula is C18H19N5O3. The Morgan fingerprint density at radius 1 is 1.38 bits per heavy atom. The molecule has 1 aliphatic heterocycles. The van der Waals surface area contributed by atoms with Gasteiger partial charge in [0.1, 0.15) is 5.69 Å². The minimum atomic E-state index is -0.139. The third kappa shape index (κ3) is 3.36. The summed E-state index contributed by atoms with van der Waals surface area (Å²) in [5.74, 6) is -0.0304. The lowest BCUT2D eigenvalue weighted by Gasteiger charge is -2.14. The van der Waals surface area contributed by atoms with Gasteiger partial charge in [0.05, 0.1) is 37.0 Å². The molecule has 1 aliphatic rings. The SMILES string of the molecule is Cc1ccc(C(=O)NCC2COCc3c(-c4ccoc4)nnn3C2)cn1. The van der Waals surface area contributed by atoms with Crippen molar-refractivity contribution in [1.29, 1.82) is 0 Å². The van der Waals surface area contributed by atoms with E-state index in [-0.39, 0.29) is 11.8 Å². The minimum absolute atomic E-state index is 0.109. The first-order valence-electron chi connectivity index (χ1n) is 8.44. The minimum Gasteiger partial charge on any atom is -0.472 e. The Kier molecular flexibility index (Phi) is 4.49. The molecule has 1 amide bonds. The number of aromatic nitrogens is 4. The second-order valence-electron chi connectivity index (χ2n) is 6.36. The predicted octanol–water partition coefficient (Wildman–Crippen LogP) is 1.82. The van der Waals surface area contributed by atoms with Crippen LogP contribution in [0.1, 0.15) is 21.7 Å². The first-order valence-corrected chi connectivity index (χ1v) is 8.44. The average Bonchev–Trinajstić information content (AvgIpc) is 3.26. The summed E-state index contributed by atoms with van der Waals surface area (Å²) in [6, 6.07) is 5.44. The normalized spacial score (nSPS) is 16.7. The summed E-state index contributed by atoms with van der Waals surface area (Å²) >= 11 is 0. The number of amides is 1. The number of fused-ring (bicyclic) bond motifs is 1. The van der Waals surface area contributed by atoms with Crippen molar-refractivity contribution < 1.29 is 13.9 Å². The van der Waals surface area contributed by atoms with Gasteiger partial charge in [0.25, 0.3) is 5.91 Å². The van der Waals surface area contributed by atoms with Crippen molar-refractivity contribution in [2.24, 2.45) is 5.92 Å². The predicted molar refractivity (Wildman–Crippen MR) is 92.2 cm³/mol. The zero-order valence-electron chi connectivity index (χ0n) is 14.4. The number of nitrogens with one attached hydrogen (secondary N) is 1. The molecule has 1 atom stereocenters. The third-order valence-corrected chi connectivity index (χ3v) is 4.38. The topological polar surface area (TPSA) is 95.1 Å². The van der Waals surface area contributed by atoms with Gasteiger partial charge in [0, 0.05) is 36.5 Å². The monoisotopic (exact) mass is 353 g/mol. The van der Waals surface area contributed by atoms with Gasteiger partial charge in [0.15, 0.2) is 0 Å². The Balaban J connectivity index is 1.42. The first-order chi connectivity index (χ1) is 12.7. The summed E-state index contributed by atoms with van der Waals surface area (Å²) in [7, 11) is 0. The lowest BCUT2D eigenvalue weighted by atomic mass is 10.1. The molecule has 4 heterocycles. The summed E-state index contributed by atoms with van der Waals surface area (Å²) in [6.07, 6.45) is 4.83. The van der Waals surface area contributed by atoms with Crippen molar-refractivity contribution >= 4 is 5.91 Å². The average molecular weight is 353 g/mol. The maximum atomic E-state index is 12.3. The van der Waals surface area contributed by atoms with Crippen LogP contribution in [0, 0.1) is 12.8 Å². The van der Waals surface area contributed by atoms with Gasteiger partial charge in [0.2, 0.25) is 0 Å². The van der Waals surface area contributed by atoms with Gasteiger partial charge in [-0.15, -0.1) is 5.10 Å². The number of furan rings is 1. The fraction of sp³-hybridized carbons (Fsp3) is 0.333. The molecule has 3 aromatic heterocycles. The molecule has 8 heteroatoms. The molecule has 0 saturated carbocycles. The molecule has 4 rings (SSSR count). The highest BCUT2D eigenvalue weighted by Gasteiger charge is 2.23. The van der Waals surface area contributed by atoms with Gasteiger partial charge in [-0.05, 0) is 25.1 Å². The number of nitrogens with zero attached hydrogens (tertiary/aromatic N) is 4. The smallest absolute Gasteiger partial charge is 0.252 e. The van der Waals surface area contributed by atoms with Crippen LogP contribution in [0.15, 0.2) is 41.3 Å². The van der Waals surface area contributed by atoms with Crippen LogP contribution in [0.25, 0.3) is 11.3 Å². The standard InChI is InChI=1S/C18H19N5O3/c1-12-2-3-14(7-19-12)18(24)20-6-13-8-23-16(11-26-9-13)17(21-22-23)15-4-5-25-10-15/h2-5,7,10,13H,6,8-9,11H2,1H3,(H,20,24). The lowest BCUT2D eigenvalue weighted by Crippen LogP contribution is -2.33. The van der Waals surface area contributed by atoms with Crippen LogP contribution in [0.5, 0.6) is 0 Å². The van der Waals surface area contributed by atoms with Crippen LogP contribution in [0.4, 0.5) is 0 Å². The van der Waals surface area contributed by atoms with Crippen LogP contribution in [0.3, 0.4) is 0 Å². The summed E-state index contributed by atoms with van der Waals surface area (Å²) in [5.41, 5.74) is 4.00. The number of aryl methyl sites for hydroxylation is 1. The van der Waals surface area contributed by atoms with E-state index in [9.17, 15) is 4.79 Å². The van der Waals surface area contributed by atoms with E-state index in [2.05, 4.69) is 20.6 Å². The Labute approximate surface area is 150 Å². The highest BCUT2D eigenvalue weighted by molar-refractivity contribution is 5.93. The largest absolute Gasteiger partial charge is 0.472 e. The number of carbonyl (C=O) groups excluding carboxylic acids is 1. The molecule has 1 unspecified atom stereocenters. The number of hydrogen-bond acceptors (Lipinski definition) is 6. The molecule has 0 aromatic carbocycles. The van der Waals surface area contributed by atoms with Crippen molar-refractivity contribution in [3.05, 3.63) is 53.9 Å². The summed E-state index contributed by atoms with van der Waals surface area (Å²) in [4.78, 5) is 16.4. The van der Waals surface area contributed by atoms with Crippen LogP contribution in [-0.2, 0) is 17.9 Å². The van der Waals surface area contributed by atoms with E-state index in [4.69, 9.17) is 9.15 Å². The highest BCUT2D eigenvalue weighted by atomic mass is 16.5. The Hall–Kier alpha value is -3.00. The van der Waals surface area contributed by atoms with Gasteiger partial charge in [-0.1, -0.05) is 5.21 Å². The van der Waals surface area contributed by atoms with E-state index in [0.717, 1.165) is 22.6 Å². The molecule has 0 spiro atoms. The zero-order chi connectivity index (χ0) is 17.9. The van der Waals surface area contributed by atoms with Gasteiger partial charge in [-0.3, -0.25) is 9.78 Å². The Morgan fingerprint density at radius 2 is 2.31 bits per heavy atom. The van der Waals surface area contributed by atoms with Gasteiger partial charge in [-0.2, -0.15) is 0 Å². The van der Waals surface area contributed by atoms with Crippen LogP contribution in [0.2, 0.25) is 0 Å². The molecule has 134 valence electrons. The van der Waals surface area contributed by atoms with Gasteiger partial charge in [-0.25, -0.2) is 4.68 Å². The van der Waals surface area contributed by atoms with Crippen LogP contribution < -0.4 is 5.32 Å². The van der Waals surface area contributed by atoms with E-state index >= 15 is 0 Å². The van der Waals surface area contributed by atoms with E-state index in [1.807, 2.05) is 23.7 Å². The molecule has 0 radical (unpaired) electrons. The lowest BCUT2D eigenvalue weighted by molar-refractivity contribution is 0.0852. The number of carbonyl (C=O) groups is 1. The molecule has 1 N–H and O–H groups in total. The second-order valence-corrected chi connectivity index (χ2v) is 6.36. The Morgan fingerprint density at radius 3 is 3.08 bits per heavy atom. The fourth-order valence-corrected chi connectivity index (χ4v) is 2.93. The van der Waals surface area contributed by atoms with Gasteiger partial charge < -0.3 is 14.5 Å². The molecule has 8 nitrogen and oxygen atoms in total. The summed E-state index contributed by atoms with van der Waals surface area (Å²) < 4.78 is 12.8. The maximum absolute atomic E-state index is 12.3. The highest BCUT2D eigenvalue weighted by Crippen LogP contribution is 2.24. The van der Waals surface area contributed by atoms with E-state index in [1.165, 1.54) is 0 Å². The summed E-state index contributed by atoms with van der Waals surface area (Å²) in [6.45, 7) is 3.98. The molecule has 0 fully saturated rings. The first kappa shape index (κ1) is 16.5. The summed E-state index contributed by atoms with van der Waals surface area (Å²) in [5, 5.41) is 11.4. The number of pyridine rings is 1. The van der Waals surface area contributed by atoms with Crippen molar-refractivity contribution in [2.75, 3.05) is 13.2 Å².